The van der Waals surface area contributed by atoms with Crippen LogP contribution in [0.1, 0.15) is 43.6 Å². The first-order valence-electron chi connectivity index (χ1n) is 10.6. The van der Waals surface area contributed by atoms with E-state index in [0.29, 0.717) is 0 Å². The second-order valence-electron chi connectivity index (χ2n) is 8.22. The Bertz CT molecular complexity index is 729. The van der Waals surface area contributed by atoms with Gasteiger partial charge in [0.1, 0.15) is 0 Å². The standard InChI is InChI=1S/C24H32N2O.2ClH/c27-24(13-7-2-8-14-24)23(19-26-17-15-25-16-18-26)22-12-6-5-11-21(22)20-9-3-1-4-10-20;;/h1,3-6,9-12,23,25,27H,2,7-8,13-19H2;2*1H. The van der Waals surface area contributed by atoms with E-state index in [1.807, 2.05) is 0 Å². The molecule has 1 atom stereocenters. The summed E-state index contributed by atoms with van der Waals surface area (Å²) in [5, 5.41) is 15.2. The lowest BCUT2D eigenvalue weighted by atomic mass is 9.71. The molecular formula is C24H34Cl2N2O. The molecule has 1 aliphatic heterocycles. The fraction of sp³-hybridized carbons (Fsp3) is 0.500. The van der Waals surface area contributed by atoms with Gasteiger partial charge in [-0.05, 0) is 29.5 Å². The Morgan fingerprint density at radius 1 is 0.862 bits per heavy atom. The van der Waals surface area contributed by atoms with Crippen molar-refractivity contribution >= 4 is 24.8 Å². The molecule has 2 fully saturated rings. The highest BCUT2D eigenvalue weighted by Crippen LogP contribution is 2.43. The van der Waals surface area contributed by atoms with Gasteiger partial charge < -0.3 is 15.3 Å². The molecule has 0 bridgehead atoms. The van der Waals surface area contributed by atoms with Crippen LogP contribution in [0.4, 0.5) is 0 Å². The van der Waals surface area contributed by atoms with Gasteiger partial charge in [0.2, 0.25) is 0 Å². The fourth-order valence-electron chi connectivity index (χ4n) is 4.90. The number of halogens is 2. The van der Waals surface area contributed by atoms with Gasteiger partial charge in [0.05, 0.1) is 5.60 Å². The summed E-state index contributed by atoms with van der Waals surface area (Å²) in [6.07, 6.45) is 5.38. The number of benzene rings is 2. The van der Waals surface area contributed by atoms with Crippen molar-refractivity contribution < 1.29 is 5.11 Å². The molecule has 2 aromatic rings. The maximum Gasteiger partial charge on any atom is 0.0728 e. The fourth-order valence-corrected chi connectivity index (χ4v) is 4.90. The van der Waals surface area contributed by atoms with E-state index in [-0.39, 0.29) is 30.7 Å². The molecule has 0 spiro atoms. The van der Waals surface area contributed by atoms with Crippen molar-refractivity contribution in [1.29, 1.82) is 0 Å². The van der Waals surface area contributed by atoms with Gasteiger partial charge >= 0.3 is 0 Å². The van der Waals surface area contributed by atoms with E-state index in [4.69, 9.17) is 0 Å². The van der Waals surface area contributed by atoms with Gasteiger partial charge in [0.25, 0.3) is 0 Å². The molecular weight excluding hydrogens is 403 g/mol. The van der Waals surface area contributed by atoms with E-state index < -0.39 is 5.60 Å². The number of hydrogen-bond donors (Lipinski definition) is 2. The Balaban J connectivity index is 0.00000150. The molecule has 1 aliphatic carbocycles. The minimum atomic E-state index is -0.589. The van der Waals surface area contributed by atoms with Gasteiger partial charge in [-0.1, -0.05) is 73.9 Å². The molecule has 1 unspecified atom stereocenters. The molecule has 0 radical (unpaired) electrons. The zero-order chi connectivity index (χ0) is 18.5. The third-order valence-electron chi connectivity index (χ3n) is 6.44. The number of nitrogens with zero attached hydrogens (tertiary/aromatic N) is 1. The second-order valence-corrected chi connectivity index (χ2v) is 8.22. The monoisotopic (exact) mass is 436 g/mol. The van der Waals surface area contributed by atoms with E-state index in [0.717, 1.165) is 58.4 Å². The maximum absolute atomic E-state index is 11.7. The Labute approximate surface area is 187 Å². The summed E-state index contributed by atoms with van der Waals surface area (Å²) >= 11 is 0. The average Bonchev–Trinajstić information content (AvgIpc) is 2.74. The number of piperazine rings is 1. The lowest BCUT2D eigenvalue weighted by Crippen LogP contribution is -2.49. The molecule has 160 valence electrons. The molecule has 1 saturated heterocycles. The van der Waals surface area contributed by atoms with E-state index in [1.165, 1.54) is 23.1 Å². The number of rotatable bonds is 5. The Morgan fingerprint density at radius 3 is 2.17 bits per heavy atom. The quantitative estimate of drug-likeness (QED) is 0.700. The zero-order valence-electron chi connectivity index (χ0n) is 17.1. The van der Waals surface area contributed by atoms with E-state index in [1.54, 1.807) is 0 Å². The van der Waals surface area contributed by atoms with Crippen LogP contribution in [0.3, 0.4) is 0 Å². The summed E-state index contributed by atoms with van der Waals surface area (Å²) in [5.41, 5.74) is 3.25. The number of aliphatic hydroxyl groups is 1. The summed E-state index contributed by atoms with van der Waals surface area (Å²) in [7, 11) is 0. The maximum atomic E-state index is 11.7. The molecule has 29 heavy (non-hydrogen) atoms. The second kappa shape index (κ2) is 11.3. The van der Waals surface area contributed by atoms with Gasteiger partial charge in [-0.2, -0.15) is 0 Å². The minimum Gasteiger partial charge on any atom is -0.389 e. The van der Waals surface area contributed by atoms with Crippen LogP contribution in [0.2, 0.25) is 0 Å². The zero-order valence-corrected chi connectivity index (χ0v) is 18.7. The first-order chi connectivity index (χ1) is 13.3. The molecule has 1 saturated carbocycles. The highest BCUT2D eigenvalue weighted by Gasteiger charge is 2.40. The van der Waals surface area contributed by atoms with E-state index in [9.17, 15) is 5.11 Å². The average molecular weight is 437 g/mol. The summed E-state index contributed by atoms with van der Waals surface area (Å²) in [6, 6.07) is 19.4. The van der Waals surface area contributed by atoms with Crippen molar-refractivity contribution in [3.63, 3.8) is 0 Å². The van der Waals surface area contributed by atoms with Crippen molar-refractivity contribution in [2.24, 2.45) is 0 Å². The summed E-state index contributed by atoms with van der Waals surface area (Å²) in [5.74, 6) is 0.160. The molecule has 5 heteroatoms. The van der Waals surface area contributed by atoms with Crippen LogP contribution in [-0.2, 0) is 0 Å². The highest BCUT2D eigenvalue weighted by atomic mass is 35.5. The molecule has 2 N–H and O–H groups in total. The Hall–Kier alpha value is -1.10. The Morgan fingerprint density at radius 2 is 1.48 bits per heavy atom. The lowest BCUT2D eigenvalue weighted by molar-refractivity contribution is -0.0315. The van der Waals surface area contributed by atoms with E-state index >= 15 is 0 Å². The van der Waals surface area contributed by atoms with Crippen molar-refractivity contribution in [3.05, 3.63) is 60.2 Å². The van der Waals surface area contributed by atoms with Crippen molar-refractivity contribution in [2.75, 3.05) is 32.7 Å². The van der Waals surface area contributed by atoms with E-state index in [2.05, 4.69) is 64.8 Å². The third kappa shape index (κ3) is 5.74. The first kappa shape index (κ1) is 24.2. The van der Waals surface area contributed by atoms with Gasteiger partial charge in [0, 0.05) is 38.6 Å². The van der Waals surface area contributed by atoms with Gasteiger partial charge in [-0.25, -0.2) is 0 Å². The SMILES string of the molecule is Cl.Cl.OC1(C(CN2CCNCC2)c2ccccc2-c2ccccc2)CCCCC1. The van der Waals surface area contributed by atoms with Crippen LogP contribution in [0.5, 0.6) is 0 Å². The number of nitrogens with one attached hydrogen (secondary N) is 1. The predicted octanol–water partition coefficient (Wildman–Crippen LogP) is 4.88. The van der Waals surface area contributed by atoms with Crippen LogP contribution in [-0.4, -0.2) is 48.3 Å². The van der Waals surface area contributed by atoms with Crippen LogP contribution in [0, 0.1) is 0 Å². The smallest absolute Gasteiger partial charge is 0.0728 e. The van der Waals surface area contributed by atoms with Crippen molar-refractivity contribution in [1.82, 2.24) is 10.2 Å². The third-order valence-corrected chi connectivity index (χ3v) is 6.44. The molecule has 3 nitrogen and oxygen atoms in total. The molecule has 0 aromatic heterocycles. The lowest BCUT2D eigenvalue weighted by Gasteiger charge is -2.43. The summed E-state index contributed by atoms with van der Waals surface area (Å²) < 4.78 is 0. The van der Waals surface area contributed by atoms with Crippen molar-refractivity contribution in [2.45, 2.75) is 43.6 Å². The molecule has 1 heterocycles. The van der Waals surface area contributed by atoms with Crippen LogP contribution in [0.25, 0.3) is 11.1 Å². The largest absolute Gasteiger partial charge is 0.389 e. The number of hydrogen-bond acceptors (Lipinski definition) is 3. The van der Waals surface area contributed by atoms with Crippen LogP contribution >= 0.6 is 24.8 Å². The van der Waals surface area contributed by atoms with Crippen molar-refractivity contribution in [3.8, 4) is 11.1 Å². The highest BCUT2D eigenvalue weighted by molar-refractivity contribution is 5.85. The summed E-state index contributed by atoms with van der Waals surface area (Å²) in [4.78, 5) is 2.54. The molecule has 4 rings (SSSR count). The minimum absolute atomic E-state index is 0. The van der Waals surface area contributed by atoms with Gasteiger partial charge in [0.15, 0.2) is 0 Å². The normalized spacial score (nSPS) is 20.2. The van der Waals surface area contributed by atoms with Gasteiger partial charge in [-0.3, -0.25) is 0 Å². The predicted molar refractivity (Wildman–Crippen MR) is 126 cm³/mol. The Kier molecular flexibility index (Phi) is 9.45. The molecule has 0 amide bonds. The van der Waals surface area contributed by atoms with Crippen LogP contribution in [0.15, 0.2) is 54.6 Å². The molecule has 2 aliphatic rings. The summed E-state index contributed by atoms with van der Waals surface area (Å²) in [6.45, 7) is 5.18. The first-order valence-corrected chi connectivity index (χ1v) is 10.6. The topological polar surface area (TPSA) is 35.5 Å². The van der Waals surface area contributed by atoms with Gasteiger partial charge in [-0.15, -0.1) is 24.8 Å². The van der Waals surface area contributed by atoms with Crippen LogP contribution < -0.4 is 5.32 Å². The molecule has 2 aromatic carbocycles.